The minimum Gasteiger partial charge on any atom is -0.481 e. The molecule has 1 aliphatic rings. The molecular formula is C51H70N14O25. The lowest BCUT2D eigenvalue weighted by atomic mass is 10.0. The summed E-state index contributed by atoms with van der Waals surface area (Å²) in [5.74, 6) is -26.2. The first kappa shape index (κ1) is 75.0. The number of hydrogen-bond donors (Lipinski definition) is 20. The van der Waals surface area contributed by atoms with Crippen LogP contribution in [0.4, 0.5) is 0 Å². The van der Waals surface area contributed by atoms with E-state index in [0.29, 0.717) is 5.56 Å². The number of unbranched alkanes of at least 4 members (excludes halogenated alkanes) is 1. The Hall–Kier alpha value is -11.1. The molecule has 22 N–H and O–H groups in total. The number of aliphatic imine (C=N–C) groups is 1. The van der Waals surface area contributed by atoms with Crippen LogP contribution < -0.4 is 70.0 Å². The molecule has 1 unspecified atom stereocenters. The van der Waals surface area contributed by atoms with Crippen LogP contribution in [0.3, 0.4) is 0 Å². The van der Waals surface area contributed by atoms with Gasteiger partial charge in [0.15, 0.2) is 5.96 Å². The van der Waals surface area contributed by atoms with Crippen molar-refractivity contribution in [2.24, 2.45) is 16.5 Å². The molecule has 1 aromatic carbocycles. The molecule has 0 spiro atoms. The summed E-state index contributed by atoms with van der Waals surface area (Å²) < 4.78 is 0. The number of aliphatic carboxylic acids is 7. The van der Waals surface area contributed by atoms with Crippen molar-refractivity contribution in [2.75, 3.05) is 19.6 Å². The molecule has 1 saturated heterocycles. The molecule has 0 aromatic heterocycles. The van der Waals surface area contributed by atoms with Gasteiger partial charge in [-0.1, -0.05) is 30.3 Å². The molecule has 0 radical (unpaired) electrons. The average Bonchev–Trinajstić information content (AvgIpc) is 2.75. The quantitative estimate of drug-likeness (QED) is 0.0169. The number of guanidine groups is 1. The number of nitrogens with zero attached hydrogens (tertiary/aromatic N) is 1. The van der Waals surface area contributed by atoms with Gasteiger partial charge in [0.05, 0.1) is 51.5 Å². The molecule has 494 valence electrons. The Bertz CT molecular complexity index is 2890. The van der Waals surface area contributed by atoms with E-state index >= 15 is 0 Å². The minimum absolute atomic E-state index is 0.0344. The summed E-state index contributed by atoms with van der Waals surface area (Å²) in [6.45, 7) is -1.23. The molecule has 1 aromatic rings. The van der Waals surface area contributed by atoms with Crippen LogP contribution >= 0.6 is 0 Å². The molecule has 39 heteroatoms. The molecule has 1 heterocycles. The number of rotatable bonds is 36. The summed E-state index contributed by atoms with van der Waals surface area (Å²) in [6, 6.07) is -9.37. The second kappa shape index (κ2) is 38.2. The van der Waals surface area contributed by atoms with Crippen LogP contribution in [-0.2, 0) is 92.7 Å². The van der Waals surface area contributed by atoms with Crippen LogP contribution in [0.5, 0.6) is 0 Å². The smallest absolute Gasteiger partial charge is 0.305 e. The van der Waals surface area contributed by atoms with Crippen molar-refractivity contribution < 1.29 is 122 Å². The molecule has 1 aliphatic heterocycles. The monoisotopic (exact) mass is 1280 g/mol. The summed E-state index contributed by atoms with van der Waals surface area (Å²) >= 11 is 0. The number of carbonyl (C=O) groups excluding carboxylic acids is 11. The highest BCUT2D eigenvalue weighted by Gasteiger charge is 2.37. The van der Waals surface area contributed by atoms with Gasteiger partial charge in [0.25, 0.3) is 0 Å². The largest absolute Gasteiger partial charge is 0.481 e. The lowest BCUT2D eigenvalue weighted by Crippen LogP contribution is -2.60. The molecule has 2 rings (SSSR count). The molecule has 39 nitrogen and oxygen atoms in total. The summed E-state index contributed by atoms with van der Waals surface area (Å²) in [6.07, 6.45) is -9.89. The highest BCUT2D eigenvalue weighted by atomic mass is 16.4. The zero-order chi connectivity index (χ0) is 67.8. The zero-order valence-corrected chi connectivity index (χ0v) is 47.7. The van der Waals surface area contributed by atoms with E-state index < -0.39 is 226 Å². The van der Waals surface area contributed by atoms with Gasteiger partial charge < -0.3 is 106 Å². The second-order valence-electron chi connectivity index (χ2n) is 19.8. The van der Waals surface area contributed by atoms with Crippen molar-refractivity contribution in [3.8, 4) is 0 Å². The fraction of sp³-hybridized carbons (Fsp3) is 0.510. The van der Waals surface area contributed by atoms with E-state index in [1.54, 1.807) is 35.6 Å². The molecule has 90 heavy (non-hydrogen) atoms. The molecule has 0 bridgehead atoms. The summed E-state index contributed by atoms with van der Waals surface area (Å²) in [5, 5.41) is 89.6. The van der Waals surface area contributed by atoms with Crippen LogP contribution in [0.1, 0.15) is 89.0 Å². The Morgan fingerprint density at radius 2 is 0.878 bits per heavy atom. The Kier molecular flexibility index (Phi) is 31.8. The topological polar surface area (TPSA) is 646 Å². The van der Waals surface area contributed by atoms with Crippen LogP contribution in [0, 0.1) is 0 Å². The van der Waals surface area contributed by atoms with Gasteiger partial charge >= 0.3 is 41.8 Å². The van der Waals surface area contributed by atoms with Gasteiger partial charge in [-0.2, -0.15) is 0 Å². The van der Waals surface area contributed by atoms with E-state index in [1.807, 2.05) is 21.3 Å². The third kappa shape index (κ3) is 29.8. The maximum atomic E-state index is 14.1. The predicted octanol–water partition coefficient (Wildman–Crippen LogP) is -8.22. The van der Waals surface area contributed by atoms with Gasteiger partial charge in [-0.25, -0.2) is 0 Å². The molecule has 9 atom stereocenters. The Labute approximate surface area is 508 Å². The molecule has 0 saturated carbocycles. The van der Waals surface area contributed by atoms with E-state index in [-0.39, 0.29) is 51.0 Å². The van der Waals surface area contributed by atoms with Gasteiger partial charge in [0.2, 0.25) is 65.0 Å². The first-order chi connectivity index (χ1) is 42.2. The first-order valence-corrected chi connectivity index (χ1v) is 27.1. The fourth-order valence-corrected chi connectivity index (χ4v) is 8.14. The molecule has 0 aliphatic carbocycles. The molecule has 11 amide bonds. The van der Waals surface area contributed by atoms with Crippen molar-refractivity contribution in [3.05, 3.63) is 35.9 Å². The van der Waals surface area contributed by atoms with Gasteiger partial charge in [-0.3, -0.25) is 91.3 Å². The number of nitrogens with one attached hydrogen (secondary N) is 11. The van der Waals surface area contributed by atoms with Crippen molar-refractivity contribution in [3.63, 3.8) is 0 Å². The lowest BCUT2D eigenvalue weighted by Gasteiger charge is -2.26. The van der Waals surface area contributed by atoms with Crippen LogP contribution in [0.25, 0.3) is 0 Å². The third-order valence-corrected chi connectivity index (χ3v) is 12.4. The summed E-state index contributed by atoms with van der Waals surface area (Å²) in [7, 11) is 0. The highest BCUT2D eigenvalue weighted by Crippen LogP contribution is 2.11. The van der Waals surface area contributed by atoms with Crippen molar-refractivity contribution in [1.82, 2.24) is 58.5 Å². The maximum Gasteiger partial charge on any atom is 0.305 e. The van der Waals surface area contributed by atoms with Crippen LogP contribution in [-0.4, -0.2) is 222 Å². The Balaban J connectivity index is 2.40. The number of amides is 11. The van der Waals surface area contributed by atoms with Crippen molar-refractivity contribution >= 4 is 113 Å². The molecule has 1 fully saturated rings. The average molecular weight is 1280 g/mol. The number of hydrogen-bond acceptors (Lipinski definition) is 19. The summed E-state index contributed by atoms with van der Waals surface area (Å²) in [4.78, 5) is 233. The minimum atomic E-state index is -2.36. The van der Waals surface area contributed by atoms with Crippen LogP contribution in [0.2, 0.25) is 0 Å². The number of carbonyl (C=O) groups is 18. The standard InChI is InChI=1S/C51H70N14O25/c52-51(53)55-14-6-10-24-42(82)56-22-34(67)58-29(18-38(74)75)47(87)61-26(15-23-7-2-1-3-8-23)45(85)60-25(44(84)59-24)9-4-5-13-54-43(83)27(16-36(70)71)62-48(88)30(19-39(76)77)64-50(90)32(21-41(80)81)65-49(89)31(20-40(78)79)63-46(86)28(17-37(72)73)57-33(66)11-12-35(68)69/h1-3,7-8,24-32H,4-6,9-22H2,(H,54,83)(H,56,82)(H,57,66)(H,58,67)(H,59,84)(H,60,85)(H,61,87)(H,62,88)(H,63,86)(H,64,90)(H,65,89)(H,68,69)(H,70,71)(H,72,73)(H,74,75)(H,76,77)(H,78,79)(H,80,81)(H4,52,53,55)/t24-,25?,26+,27-,28-,29-,30-,31-,32-/m0/s1. The second-order valence-corrected chi connectivity index (χ2v) is 19.8. The van der Waals surface area contributed by atoms with Crippen molar-refractivity contribution in [2.45, 2.75) is 144 Å². The number of benzene rings is 1. The third-order valence-electron chi connectivity index (χ3n) is 12.4. The fourth-order valence-electron chi connectivity index (χ4n) is 8.14. The summed E-state index contributed by atoms with van der Waals surface area (Å²) in [5.41, 5.74) is 11.3. The van der Waals surface area contributed by atoms with Gasteiger partial charge in [0, 0.05) is 25.9 Å². The van der Waals surface area contributed by atoms with E-state index in [4.69, 9.17) is 16.6 Å². The molecular weight excluding hydrogens is 1210 g/mol. The van der Waals surface area contributed by atoms with E-state index in [2.05, 4.69) is 36.9 Å². The lowest BCUT2D eigenvalue weighted by molar-refractivity contribution is -0.145. The van der Waals surface area contributed by atoms with Crippen LogP contribution in [0.15, 0.2) is 35.3 Å². The van der Waals surface area contributed by atoms with Gasteiger partial charge in [-0.05, 0) is 37.7 Å². The number of nitrogens with two attached hydrogens (primary N) is 2. The Morgan fingerprint density at radius 3 is 1.32 bits per heavy atom. The van der Waals surface area contributed by atoms with E-state index in [9.17, 15) is 117 Å². The maximum absolute atomic E-state index is 14.1. The van der Waals surface area contributed by atoms with Crippen molar-refractivity contribution in [1.29, 1.82) is 0 Å². The van der Waals surface area contributed by atoms with E-state index in [1.165, 1.54) is 0 Å². The first-order valence-electron chi connectivity index (χ1n) is 27.1. The number of carboxylic acids is 7. The van der Waals surface area contributed by atoms with Gasteiger partial charge in [0.1, 0.15) is 54.4 Å². The normalized spacial score (nSPS) is 17.8. The zero-order valence-electron chi connectivity index (χ0n) is 47.7. The predicted molar refractivity (Wildman–Crippen MR) is 298 cm³/mol. The number of carboxylic acid groups (broad SMARTS) is 7. The van der Waals surface area contributed by atoms with E-state index in [0.717, 1.165) is 0 Å². The Morgan fingerprint density at radius 1 is 0.467 bits per heavy atom. The SMILES string of the molecule is NC(N)=NCCC[C@@H]1NC(=O)C(CCCCNC(=O)[C@H](CC(=O)O)NC(=O)[C@H](CC(=O)O)NC(=O)[C@H](CC(=O)O)NC(=O)[C@H](CC(=O)O)NC(=O)[C@H](CC(=O)O)NC(=O)CCC(=O)O)NC(=O)[C@@H](Cc2ccccc2)NC(=O)[C@H](CC(=O)O)NC(=O)CNC1=O. The van der Waals surface area contributed by atoms with Gasteiger partial charge in [-0.15, -0.1) is 0 Å². The highest BCUT2D eigenvalue weighted by molar-refractivity contribution is 6.01.